The molecule has 0 aliphatic carbocycles. The highest BCUT2D eigenvalue weighted by molar-refractivity contribution is 5.80. The summed E-state index contributed by atoms with van der Waals surface area (Å²) in [5.74, 6) is -2.74. The maximum atomic E-state index is 11.5. The molecule has 104 valence electrons. The lowest BCUT2D eigenvalue weighted by Gasteiger charge is -2.21. The molecule has 19 heavy (non-hydrogen) atoms. The van der Waals surface area contributed by atoms with Gasteiger partial charge in [-0.1, -0.05) is 44.2 Å². The Labute approximate surface area is 113 Å². The van der Waals surface area contributed by atoms with Crippen LogP contribution in [0.25, 0.3) is 0 Å². The average Bonchev–Trinajstić information content (AvgIpc) is 2.43. The van der Waals surface area contributed by atoms with E-state index in [9.17, 15) is 14.7 Å². The van der Waals surface area contributed by atoms with Crippen molar-refractivity contribution in [2.45, 2.75) is 26.2 Å². The monoisotopic (exact) mass is 264 g/mol. The maximum Gasteiger partial charge on any atom is 0.309 e. The molecule has 1 rings (SSSR count). The number of benzene rings is 1. The Kier molecular flexibility index (Phi) is 5.55. The van der Waals surface area contributed by atoms with Crippen molar-refractivity contribution in [1.29, 1.82) is 0 Å². The molecule has 4 nitrogen and oxygen atoms in total. The van der Waals surface area contributed by atoms with Crippen molar-refractivity contribution in [3.8, 4) is 0 Å². The standard InChI is InChI=1S/C15H20O4/c1-10(12-7-5-4-6-8-12)9-13(14(16)17)11(2)15(18)19-3/h4-8,10-11,13H,9H2,1-3H3,(H,16,17). The van der Waals surface area contributed by atoms with E-state index in [1.54, 1.807) is 6.92 Å². The molecule has 1 aromatic carbocycles. The second-order valence-corrected chi connectivity index (χ2v) is 4.80. The van der Waals surface area contributed by atoms with Gasteiger partial charge in [0.25, 0.3) is 0 Å². The van der Waals surface area contributed by atoms with Crippen LogP contribution in [0.3, 0.4) is 0 Å². The first-order valence-electron chi connectivity index (χ1n) is 6.33. The van der Waals surface area contributed by atoms with E-state index in [2.05, 4.69) is 4.74 Å². The first-order valence-corrected chi connectivity index (χ1v) is 6.33. The maximum absolute atomic E-state index is 11.5. The van der Waals surface area contributed by atoms with Crippen LogP contribution in [0.5, 0.6) is 0 Å². The topological polar surface area (TPSA) is 63.6 Å². The largest absolute Gasteiger partial charge is 0.481 e. The minimum atomic E-state index is -0.958. The third-order valence-electron chi connectivity index (χ3n) is 3.47. The Morgan fingerprint density at radius 3 is 2.26 bits per heavy atom. The molecule has 3 atom stereocenters. The number of hydrogen-bond acceptors (Lipinski definition) is 3. The van der Waals surface area contributed by atoms with Crippen LogP contribution in [-0.4, -0.2) is 24.2 Å². The Bertz CT molecular complexity index is 427. The molecule has 0 saturated heterocycles. The Hall–Kier alpha value is -1.84. The zero-order valence-electron chi connectivity index (χ0n) is 11.5. The van der Waals surface area contributed by atoms with Gasteiger partial charge < -0.3 is 9.84 Å². The summed E-state index contributed by atoms with van der Waals surface area (Å²) in [6.07, 6.45) is 0.412. The molecule has 1 aromatic rings. The molecule has 0 fully saturated rings. The minimum absolute atomic E-state index is 0.0782. The van der Waals surface area contributed by atoms with Crippen LogP contribution >= 0.6 is 0 Å². The minimum Gasteiger partial charge on any atom is -0.481 e. The highest BCUT2D eigenvalue weighted by atomic mass is 16.5. The lowest BCUT2D eigenvalue weighted by molar-refractivity contribution is -0.155. The van der Waals surface area contributed by atoms with E-state index in [4.69, 9.17) is 0 Å². The normalized spacial score (nSPS) is 15.3. The number of carbonyl (C=O) groups excluding carboxylic acids is 1. The predicted molar refractivity (Wildman–Crippen MR) is 71.8 cm³/mol. The number of methoxy groups -OCH3 is 1. The highest BCUT2D eigenvalue weighted by Crippen LogP contribution is 2.28. The van der Waals surface area contributed by atoms with Gasteiger partial charge in [-0.05, 0) is 17.9 Å². The van der Waals surface area contributed by atoms with E-state index in [0.29, 0.717) is 6.42 Å². The van der Waals surface area contributed by atoms with E-state index in [1.165, 1.54) is 7.11 Å². The van der Waals surface area contributed by atoms with Crippen LogP contribution in [0.2, 0.25) is 0 Å². The SMILES string of the molecule is COC(=O)C(C)C(CC(C)c1ccccc1)C(=O)O. The van der Waals surface area contributed by atoms with Crippen molar-refractivity contribution in [2.75, 3.05) is 7.11 Å². The second kappa shape index (κ2) is 6.92. The molecule has 0 bridgehead atoms. The third kappa shape index (κ3) is 4.09. The Balaban J connectivity index is 2.79. The summed E-state index contributed by atoms with van der Waals surface area (Å²) in [7, 11) is 1.28. The van der Waals surface area contributed by atoms with Crippen LogP contribution in [-0.2, 0) is 14.3 Å². The van der Waals surface area contributed by atoms with Gasteiger partial charge in [0.2, 0.25) is 0 Å². The molecule has 0 amide bonds. The van der Waals surface area contributed by atoms with E-state index in [0.717, 1.165) is 5.56 Å². The number of hydrogen-bond donors (Lipinski definition) is 1. The molecule has 0 saturated carbocycles. The molecule has 0 radical (unpaired) electrons. The molecule has 0 heterocycles. The molecule has 0 aliphatic rings. The van der Waals surface area contributed by atoms with Gasteiger partial charge in [0, 0.05) is 0 Å². The van der Waals surface area contributed by atoms with Gasteiger partial charge in [0.1, 0.15) is 0 Å². The summed E-state index contributed by atoms with van der Waals surface area (Å²) >= 11 is 0. The summed E-state index contributed by atoms with van der Waals surface area (Å²) < 4.78 is 4.63. The second-order valence-electron chi connectivity index (χ2n) is 4.80. The first-order chi connectivity index (χ1) is 8.97. The number of ether oxygens (including phenoxy) is 1. The van der Waals surface area contributed by atoms with Crippen LogP contribution in [0.15, 0.2) is 30.3 Å². The fraction of sp³-hybridized carbons (Fsp3) is 0.467. The van der Waals surface area contributed by atoms with Gasteiger partial charge in [-0.3, -0.25) is 9.59 Å². The Morgan fingerprint density at radius 1 is 1.21 bits per heavy atom. The van der Waals surface area contributed by atoms with E-state index < -0.39 is 23.8 Å². The first kappa shape index (κ1) is 15.2. The van der Waals surface area contributed by atoms with Crippen molar-refractivity contribution in [1.82, 2.24) is 0 Å². The van der Waals surface area contributed by atoms with Gasteiger partial charge in [0.15, 0.2) is 0 Å². The smallest absolute Gasteiger partial charge is 0.309 e. The van der Waals surface area contributed by atoms with Crippen LogP contribution in [0.1, 0.15) is 31.7 Å². The van der Waals surface area contributed by atoms with Crippen LogP contribution in [0, 0.1) is 11.8 Å². The quantitative estimate of drug-likeness (QED) is 0.802. The average molecular weight is 264 g/mol. The summed E-state index contributed by atoms with van der Waals surface area (Å²) in [6, 6.07) is 9.69. The van der Waals surface area contributed by atoms with E-state index >= 15 is 0 Å². The summed E-state index contributed by atoms with van der Waals surface area (Å²) in [5.41, 5.74) is 1.07. The van der Waals surface area contributed by atoms with E-state index in [1.807, 2.05) is 37.3 Å². The van der Waals surface area contributed by atoms with Crippen LogP contribution < -0.4 is 0 Å². The zero-order valence-corrected chi connectivity index (χ0v) is 11.5. The zero-order chi connectivity index (χ0) is 14.4. The summed E-state index contributed by atoms with van der Waals surface area (Å²) in [5, 5.41) is 9.28. The van der Waals surface area contributed by atoms with Gasteiger partial charge in [0.05, 0.1) is 18.9 Å². The number of carboxylic acids is 1. The van der Waals surface area contributed by atoms with Crippen molar-refractivity contribution in [3.63, 3.8) is 0 Å². The van der Waals surface area contributed by atoms with Crippen molar-refractivity contribution in [3.05, 3.63) is 35.9 Å². The number of aliphatic carboxylic acids is 1. The van der Waals surface area contributed by atoms with Gasteiger partial charge in [-0.25, -0.2) is 0 Å². The molecule has 0 aromatic heterocycles. The fourth-order valence-electron chi connectivity index (χ4n) is 2.17. The lowest BCUT2D eigenvalue weighted by atomic mass is 9.83. The molecule has 0 spiro atoms. The van der Waals surface area contributed by atoms with Crippen LogP contribution in [0.4, 0.5) is 0 Å². The van der Waals surface area contributed by atoms with Gasteiger partial charge in [-0.2, -0.15) is 0 Å². The van der Waals surface area contributed by atoms with Gasteiger partial charge >= 0.3 is 11.9 Å². The number of carboxylic acid groups (broad SMARTS) is 1. The predicted octanol–water partition coefficient (Wildman–Crippen LogP) is 2.69. The van der Waals surface area contributed by atoms with Crippen molar-refractivity contribution in [2.24, 2.45) is 11.8 Å². The molecular formula is C15H20O4. The van der Waals surface area contributed by atoms with Crippen molar-refractivity contribution >= 4 is 11.9 Å². The molecular weight excluding hydrogens is 244 g/mol. The van der Waals surface area contributed by atoms with Gasteiger partial charge in [-0.15, -0.1) is 0 Å². The highest BCUT2D eigenvalue weighted by Gasteiger charge is 2.32. The number of rotatable bonds is 6. The fourth-order valence-corrected chi connectivity index (χ4v) is 2.17. The number of esters is 1. The number of carbonyl (C=O) groups is 2. The molecule has 0 aliphatic heterocycles. The third-order valence-corrected chi connectivity index (χ3v) is 3.47. The van der Waals surface area contributed by atoms with Crippen molar-refractivity contribution < 1.29 is 19.4 Å². The molecule has 4 heteroatoms. The summed E-state index contributed by atoms with van der Waals surface area (Å²) in [4.78, 5) is 22.8. The lowest BCUT2D eigenvalue weighted by Crippen LogP contribution is -2.29. The molecule has 1 N–H and O–H groups in total. The van der Waals surface area contributed by atoms with E-state index in [-0.39, 0.29) is 5.92 Å². The Morgan fingerprint density at radius 2 is 1.79 bits per heavy atom. The summed E-state index contributed by atoms with van der Waals surface area (Å²) in [6.45, 7) is 3.57. The molecule has 3 unspecified atom stereocenters.